The minimum atomic E-state index is -0.567. The molecule has 0 spiro atoms. The van der Waals surface area contributed by atoms with E-state index in [-0.39, 0.29) is 17.6 Å². The summed E-state index contributed by atoms with van der Waals surface area (Å²) >= 11 is 0. The predicted molar refractivity (Wildman–Crippen MR) is 81.2 cm³/mol. The fourth-order valence-electron chi connectivity index (χ4n) is 2.42. The van der Waals surface area contributed by atoms with Crippen molar-refractivity contribution in [2.45, 2.75) is 46.4 Å². The zero-order chi connectivity index (χ0) is 15.7. The van der Waals surface area contributed by atoms with Crippen molar-refractivity contribution in [2.75, 3.05) is 4.90 Å². The molecular formula is C16H22N2O3. The monoisotopic (exact) mass is 290 g/mol. The van der Waals surface area contributed by atoms with Gasteiger partial charge in [0.2, 0.25) is 0 Å². The lowest BCUT2D eigenvalue weighted by Crippen LogP contribution is -2.53. The molecule has 2 unspecified atom stereocenters. The average Bonchev–Trinajstić information content (AvgIpc) is 2.44. The molecule has 2 rings (SSSR count). The van der Waals surface area contributed by atoms with Crippen LogP contribution in [0.4, 0.5) is 5.69 Å². The van der Waals surface area contributed by atoms with Gasteiger partial charge in [-0.2, -0.15) is 0 Å². The summed E-state index contributed by atoms with van der Waals surface area (Å²) in [5.74, 6) is 0.423. The van der Waals surface area contributed by atoms with Crippen LogP contribution in [0.1, 0.15) is 33.3 Å². The van der Waals surface area contributed by atoms with Crippen molar-refractivity contribution < 1.29 is 14.3 Å². The molecule has 0 aromatic heterocycles. The lowest BCUT2D eigenvalue weighted by Gasteiger charge is -2.38. The molecule has 1 amide bonds. The Bertz CT molecular complexity index is 569. The van der Waals surface area contributed by atoms with Gasteiger partial charge in [-0.15, -0.1) is 0 Å². The summed E-state index contributed by atoms with van der Waals surface area (Å²) in [7, 11) is 0. The number of hydrogen-bond donors (Lipinski definition) is 1. The Morgan fingerprint density at radius 2 is 2.05 bits per heavy atom. The first-order valence-corrected chi connectivity index (χ1v) is 7.20. The highest BCUT2D eigenvalue weighted by atomic mass is 16.5. The Balaban J connectivity index is 2.54. The Labute approximate surface area is 125 Å². The van der Waals surface area contributed by atoms with Crippen LogP contribution in [-0.4, -0.2) is 23.8 Å². The maximum absolute atomic E-state index is 12.7. The molecule has 2 N–H and O–H groups in total. The zero-order valence-corrected chi connectivity index (χ0v) is 12.9. The van der Waals surface area contributed by atoms with Gasteiger partial charge in [-0.25, -0.2) is 0 Å². The summed E-state index contributed by atoms with van der Waals surface area (Å²) in [4.78, 5) is 26.0. The minimum Gasteiger partial charge on any atom is -0.478 e. The van der Waals surface area contributed by atoms with Gasteiger partial charge in [0.1, 0.15) is 5.75 Å². The number of Topliss-reactive ketones (excluding diaryl/α,β-unsaturated/α-hetero) is 1. The second kappa shape index (κ2) is 5.85. The van der Waals surface area contributed by atoms with Gasteiger partial charge >= 0.3 is 0 Å². The van der Waals surface area contributed by atoms with Crippen LogP contribution in [0.25, 0.3) is 0 Å². The van der Waals surface area contributed by atoms with Gasteiger partial charge in [-0.05, 0) is 37.5 Å². The molecule has 114 valence electrons. The van der Waals surface area contributed by atoms with E-state index < -0.39 is 12.1 Å². The number of ether oxygens (including phenoxy) is 1. The molecule has 1 heterocycles. The lowest BCUT2D eigenvalue weighted by molar-refractivity contribution is -0.131. The summed E-state index contributed by atoms with van der Waals surface area (Å²) in [6.07, 6.45) is -0.567. The summed E-state index contributed by atoms with van der Waals surface area (Å²) < 4.78 is 5.82. The third kappa shape index (κ3) is 2.78. The maximum atomic E-state index is 12.7. The minimum absolute atomic E-state index is 0.0292. The molecule has 0 bridgehead atoms. The Kier molecular flexibility index (Phi) is 4.32. The first-order chi connectivity index (χ1) is 9.86. The van der Waals surface area contributed by atoms with E-state index in [4.69, 9.17) is 10.5 Å². The van der Waals surface area contributed by atoms with E-state index in [1.54, 1.807) is 11.8 Å². The quantitative estimate of drug-likeness (QED) is 0.919. The largest absolute Gasteiger partial charge is 0.478 e. The second-order valence-electron chi connectivity index (χ2n) is 5.78. The van der Waals surface area contributed by atoms with Gasteiger partial charge in [0.25, 0.3) is 5.91 Å². The van der Waals surface area contributed by atoms with Crippen LogP contribution in [0.3, 0.4) is 0 Å². The Hall–Kier alpha value is -1.88. The van der Waals surface area contributed by atoms with Crippen LogP contribution in [-0.2, 0) is 16.1 Å². The molecule has 1 aliphatic rings. The number of ketones is 1. The molecule has 0 saturated carbocycles. The lowest BCUT2D eigenvalue weighted by atomic mass is 10.00. The van der Waals surface area contributed by atoms with Crippen molar-refractivity contribution in [3.8, 4) is 5.75 Å². The van der Waals surface area contributed by atoms with E-state index in [0.717, 1.165) is 5.56 Å². The van der Waals surface area contributed by atoms with E-state index in [1.165, 1.54) is 6.92 Å². The number of carbonyl (C=O) groups excluding carboxylic acids is 2. The van der Waals surface area contributed by atoms with Crippen molar-refractivity contribution in [1.82, 2.24) is 0 Å². The molecule has 21 heavy (non-hydrogen) atoms. The van der Waals surface area contributed by atoms with E-state index in [0.29, 0.717) is 18.0 Å². The molecule has 5 heteroatoms. The molecule has 0 saturated heterocycles. The van der Waals surface area contributed by atoms with Gasteiger partial charge in [-0.1, -0.05) is 19.9 Å². The van der Waals surface area contributed by atoms with Gasteiger partial charge in [0.05, 0.1) is 11.7 Å². The molecule has 1 aromatic rings. The van der Waals surface area contributed by atoms with Crippen molar-refractivity contribution in [3.63, 3.8) is 0 Å². The first kappa shape index (κ1) is 15.5. The molecule has 1 aromatic carbocycles. The molecule has 0 radical (unpaired) electrons. The van der Waals surface area contributed by atoms with E-state index in [9.17, 15) is 9.59 Å². The number of rotatable bonds is 4. The summed E-state index contributed by atoms with van der Waals surface area (Å²) in [6.45, 7) is 7.46. The van der Waals surface area contributed by atoms with Crippen molar-refractivity contribution in [2.24, 2.45) is 11.7 Å². The number of nitrogens with zero attached hydrogens (tertiary/aromatic N) is 1. The van der Waals surface area contributed by atoms with Crippen molar-refractivity contribution >= 4 is 17.4 Å². The second-order valence-corrected chi connectivity index (χ2v) is 5.78. The number of carbonyl (C=O) groups is 2. The highest BCUT2D eigenvalue weighted by molar-refractivity contribution is 6.05. The number of fused-ring (bicyclic) bond motifs is 1. The van der Waals surface area contributed by atoms with Gasteiger partial charge in [0, 0.05) is 6.54 Å². The van der Waals surface area contributed by atoms with Crippen molar-refractivity contribution in [3.05, 3.63) is 23.8 Å². The van der Waals surface area contributed by atoms with Crippen LogP contribution in [0, 0.1) is 5.92 Å². The molecule has 0 aliphatic carbocycles. The number of nitrogens with two attached hydrogens (primary N) is 1. The molecule has 2 atom stereocenters. The third-order valence-corrected chi connectivity index (χ3v) is 3.83. The Morgan fingerprint density at radius 1 is 1.38 bits per heavy atom. The average molecular weight is 290 g/mol. The molecular weight excluding hydrogens is 268 g/mol. The SMILES string of the molecule is CC(=O)C(C)N1C(=O)C(C(C)C)Oc2ccc(CN)cc21. The normalized spacial score (nSPS) is 19.2. The molecule has 1 aliphatic heterocycles. The van der Waals surface area contributed by atoms with E-state index in [2.05, 4.69) is 0 Å². The maximum Gasteiger partial charge on any atom is 0.269 e. The van der Waals surface area contributed by atoms with Crippen LogP contribution >= 0.6 is 0 Å². The van der Waals surface area contributed by atoms with Crippen LogP contribution in [0.2, 0.25) is 0 Å². The fraction of sp³-hybridized carbons (Fsp3) is 0.500. The third-order valence-electron chi connectivity index (χ3n) is 3.83. The van der Waals surface area contributed by atoms with Gasteiger partial charge in [0.15, 0.2) is 11.9 Å². The highest BCUT2D eigenvalue weighted by Crippen LogP contribution is 2.37. The summed E-state index contributed by atoms with van der Waals surface area (Å²) in [6, 6.07) is 5.00. The zero-order valence-electron chi connectivity index (χ0n) is 12.9. The summed E-state index contributed by atoms with van der Waals surface area (Å²) in [5, 5.41) is 0. The fourth-order valence-corrected chi connectivity index (χ4v) is 2.42. The number of amides is 1. The van der Waals surface area contributed by atoms with Gasteiger partial charge < -0.3 is 10.5 Å². The first-order valence-electron chi connectivity index (χ1n) is 7.20. The van der Waals surface area contributed by atoms with Gasteiger partial charge in [-0.3, -0.25) is 14.5 Å². The highest BCUT2D eigenvalue weighted by Gasteiger charge is 2.39. The number of hydrogen-bond acceptors (Lipinski definition) is 4. The standard InChI is InChI=1S/C16H22N2O3/c1-9(2)15-16(20)18(10(3)11(4)19)13-7-12(8-17)5-6-14(13)21-15/h5-7,9-10,15H,8,17H2,1-4H3. The smallest absolute Gasteiger partial charge is 0.269 e. The van der Waals surface area contributed by atoms with E-state index in [1.807, 2.05) is 32.0 Å². The molecule has 0 fully saturated rings. The molecule has 5 nitrogen and oxygen atoms in total. The topological polar surface area (TPSA) is 72.6 Å². The van der Waals surface area contributed by atoms with E-state index >= 15 is 0 Å². The van der Waals surface area contributed by atoms with Crippen molar-refractivity contribution in [1.29, 1.82) is 0 Å². The van der Waals surface area contributed by atoms with Crippen LogP contribution in [0.5, 0.6) is 5.75 Å². The Morgan fingerprint density at radius 3 is 2.57 bits per heavy atom. The summed E-state index contributed by atoms with van der Waals surface area (Å²) in [5.41, 5.74) is 7.19. The van der Waals surface area contributed by atoms with Crippen LogP contribution < -0.4 is 15.4 Å². The number of anilines is 1. The van der Waals surface area contributed by atoms with Crippen LogP contribution in [0.15, 0.2) is 18.2 Å². The number of benzene rings is 1. The predicted octanol–water partition coefficient (Wildman–Crippen LogP) is 1.87.